The first-order chi connectivity index (χ1) is 12.6. The molecule has 3 rings (SSSR count). The number of likely N-dealkylation sites (tertiary alicyclic amines) is 1. The molecule has 5 nitrogen and oxygen atoms in total. The molecule has 2 fully saturated rings. The molecular formula is C21H32N2O3. The summed E-state index contributed by atoms with van der Waals surface area (Å²) in [4.78, 5) is 17.4. The van der Waals surface area contributed by atoms with Gasteiger partial charge < -0.3 is 19.3 Å². The third kappa shape index (κ3) is 3.89. The van der Waals surface area contributed by atoms with Crippen molar-refractivity contribution in [3.63, 3.8) is 0 Å². The lowest BCUT2D eigenvalue weighted by Gasteiger charge is -2.48. The van der Waals surface area contributed by atoms with E-state index in [0.29, 0.717) is 17.4 Å². The molecule has 1 unspecified atom stereocenters. The van der Waals surface area contributed by atoms with E-state index in [2.05, 4.69) is 18.7 Å². The number of hydrogen-bond donors (Lipinski definition) is 0. The van der Waals surface area contributed by atoms with Gasteiger partial charge in [-0.05, 0) is 50.9 Å². The van der Waals surface area contributed by atoms with E-state index >= 15 is 0 Å². The number of rotatable bonds is 5. The molecule has 2 heterocycles. The van der Waals surface area contributed by atoms with Gasteiger partial charge >= 0.3 is 0 Å². The lowest BCUT2D eigenvalue weighted by Crippen LogP contribution is -2.54. The van der Waals surface area contributed by atoms with Crippen LogP contribution >= 0.6 is 0 Å². The molecule has 1 atom stereocenters. The van der Waals surface area contributed by atoms with Crippen LogP contribution in [-0.4, -0.2) is 67.2 Å². The number of hydrogen-bond acceptors (Lipinski definition) is 4. The fourth-order valence-electron chi connectivity index (χ4n) is 4.51. The molecule has 1 amide bonds. The molecule has 0 bridgehead atoms. The van der Waals surface area contributed by atoms with Gasteiger partial charge in [-0.3, -0.25) is 4.79 Å². The summed E-state index contributed by atoms with van der Waals surface area (Å²) >= 11 is 0. The topological polar surface area (TPSA) is 42.0 Å². The van der Waals surface area contributed by atoms with Gasteiger partial charge in [0.1, 0.15) is 5.75 Å². The average molecular weight is 360 g/mol. The monoisotopic (exact) mass is 360 g/mol. The molecule has 2 aliphatic heterocycles. The van der Waals surface area contributed by atoms with Crippen LogP contribution in [0.2, 0.25) is 0 Å². The molecule has 0 saturated carbocycles. The van der Waals surface area contributed by atoms with Crippen molar-refractivity contribution in [3.8, 4) is 5.75 Å². The van der Waals surface area contributed by atoms with Gasteiger partial charge in [-0.15, -0.1) is 0 Å². The van der Waals surface area contributed by atoms with Gasteiger partial charge in [0.25, 0.3) is 5.91 Å². The molecule has 0 radical (unpaired) electrons. The van der Waals surface area contributed by atoms with Crippen LogP contribution < -0.4 is 4.74 Å². The highest BCUT2D eigenvalue weighted by Gasteiger charge is 2.42. The lowest BCUT2D eigenvalue weighted by molar-refractivity contribution is -0.129. The zero-order chi connectivity index (χ0) is 18.6. The number of carbonyl (C=O) groups excluding carboxylic acids is 1. The quantitative estimate of drug-likeness (QED) is 0.809. The van der Waals surface area contributed by atoms with Crippen LogP contribution in [0.25, 0.3) is 0 Å². The lowest BCUT2D eigenvalue weighted by atomic mass is 9.81. The van der Waals surface area contributed by atoms with E-state index in [-0.39, 0.29) is 11.5 Å². The molecule has 0 aromatic heterocycles. The van der Waals surface area contributed by atoms with E-state index in [9.17, 15) is 4.79 Å². The van der Waals surface area contributed by atoms with Gasteiger partial charge in [0.2, 0.25) is 0 Å². The first kappa shape index (κ1) is 19.2. The minimum atomic E-state index is -0.0525. The Morgan fingerprint density at radius 3 is 2.62 bits per heavy atom. The Balaban J connectivity index is 1.64. The Morgan fingerprint density at radius 2 is 1.96 bits per heavy atom. The fraction of sp³-hybridized carbons (Fsp3) is 0.667. The largest absolute Gasteiger partial charge is 0.496 e. The molecule has 0 aliphatic carbocycles. The second-order valence-corrected chi connectivity index (χ2v) is 7.39. The molecule has 2 aliphatic rings. The minimum Gasteiger partial charge on any atom is -0.496 e. The molecule has 26 heavy (non-hydrogen) atoms. The van der Waals surface area contributed by atoms with E-state index < -0.39 is 0 Å². The summed E-state index contributed by atoms with van der Waals surface area (Å²) in [6.07, 6.45) is 4.05. The van der Waals surface area contributed by atoms with Crippen molar-refractivity contribution in [2.75, 3.05) is 39.9 Å². The van der Waals surface area contributed by atoms with Crippen molar-refractivity contribution in [1.82, 2.24) is 9.80 Å². The highest BCUT2D eigenvalue weighted by molar-refractivity contribution is 5.97. The highest BCUT2D eigenvalue weighted by Crippen LogP contribution is 2.37. The number of nitrogens with zero attached hydrogens (tertiary/aromatic N) is 2. The maximum Gasteiger partial charge on any atom is 0.257 e. The van der Waals surface area contributed by atoms with Gasteiger partial charge in [-0.2, -0.15) is 0 Å². The van der Waals surface area contributed by atoms with Gasteiger partial charge in [-0.25, -0.2) is 0 Å². The number of piperidine rings is 1. The first-order valence-corrected chi connectivity index (χ1v) is 9.92. The van der Waals surface area contributed by atoms with Crippen LogP contribution in [0.1, 0.15) is 49.9 Å². The zero-order valence-electron chi connectivity index (χ0n) is 16.4. The molecule has 1 aromatic carbocycles. The highest BCUT2D eigenvalue weighted by atomic mass is 16.5. The number of amides is 1. The number of para-hydroxylation sites is 1. The van der Waals surface area contributed by atoms with E-state index in [1.165, 1.54) is 0 Å². The smallest absolute Gasteiger partial charge is 0.257 e. The summed E-state index contributed by atoms with van der Waals surface area (Å²) in [6.45, 7) is 9.00. The summed E-state index contributed by atoms with van der Waals surface area (Å²) in [5.41, 5.74) is 0.597. The first-order valence-electron chi connectivity index (χ1n) is 9.92. The molecule has 2 saturated heterocycles. The number of methoxy groups -OCH3 is 1. The predicted octanol–water partition coefficient (Wildman–Crippen LogP) is 3.19. The van der Waals surface area contributed by atoms with Crippen molar-refractivity contribution in [2.45, 2.75) is 51.2 Å². The van der Waals surface area contributed by atoms with Crippen LogP contribution in [0.4, 0.5) is 0 Å². The fourth-order valence-corrected chi connectivity index (χ4v) is 4.51. The van der Waals surface area contributed by atoms with E-state index in [4.69, 9.17) is 9.47 Å². The molecule has 144 valence electrons. The van der Waals surface area contributed by atoms with E-state index in [0.717, 1.165) is 58.5 Å². The Bertz CT molecular complexity index is 607. The minimum absolute atomic E-state index is 0.0525. The summed E-state index contributed by atoms with van der Waals surface area (Å²) in [7, 11) is 1.61. The maximum absolute atomic E-state index is 12.9. The Kier molecular flexibility index (Phi) is 6.20. The average Bonchev–Trinajstić information content (AvgIpc) is 2.69. The number of benzene rings is 1. The molecule has 1 spiro atoms. The summed E-state index contributed by atoms with van der Waals surface area (Å²) in [5, 5.41) is 0. The summed E-state index contributed by atoms with van der Waals surface area (Å²) in [5.74, 6) is 0.710. The van der Waals surface area contributed by atoms with Crippen LogP contribution in [-0.2, 0) is 4.74 Å². The normalized spacial score (nSPS) is 22.6. The van der Waals surface area contributed by atoms with E-state index in [1.54, 1.807) is 7.11 Å². The Hall–Kier alpha value is -1.59. The van der Waals surface area contributed by atoms with E-state index in [1.807, 2.05) is 29.2 Å². The van der Waals surface area contributed by atoms with Crippen LogP contribution in [0.15, 0.2) is 24.3 Å². The number of ether oxygens (including phenoxy) is 2. The van der Waals surface area contributed by atoms with Crippen LogP contribution in [0.3, 0.4) is 0 Å². The molecule has 0 N–H and O–H groups in total. The van der Waals surface area contributed by atoms with Crippen LogP contribution in [0, 0.1) is 0 Å². The molecule has 1 aromatic rings. The molecular weight excluding hydrogens is 328 g/mol. The van der Waals surface area contributed by atoms with Gasteiger partial charge in [0.05, 0.1) is 18.3 Å². The Labute approximate surface area is 157 Å². The van der Waals surface area contributed by atoms with Crippen LogP contribution in [0.5, 0.6) is 5.75 Å². The SMILES string of the molecule is CCN(CC)C1CCOC2(CCN(C(=O)c3ccccc3OC)CC2)C1. The van der Waals surface area contributed by atoms with Gasteiger partial charge in [0.15, 0.2) is 0 Å². The van der Waals surface area contributed by atoms with Crippen molar-refractivity contribution in [2.24, 2.45) is 0 Å². The standard InChI is InChI=1S/C21H32N2O3/c1-4-22(5-2)17-10-15-26-21(16-17)11-13-23(14-12-21)20(24)18-8-6-7-9-19(18)25-3/h6-9,17H,4-5,10-16H2,1-3H3. The Morgan fingerprint density at radius 1 is 1.27 bits per heavy atom. The third-order valence-corrected chi connectivity index (χ3v) is 6.09. The van der Waals surface area contributed by atoms with Crippen molar-refractivity contribution in [3.05, 3.63) is 29.8 Å². The molecule has 5 heteroatoms. The maximum atomic E-state index is 12.9. The van der Waals surface area contributed by atoms with Crippen molar-refractivity contribution < 1.29 is 14.3 Å². The number of carbonyl (C=O) groups is 1. The second-order valence-electron chi connectivity index (χ2n) is 7.39. The third-order valence-electron chi connectivity index (χ3n) is 6.09. The second kappa shape index (κ2) is 8.40. The summed E-state index contributed by atoms with van der Waals surface area (Å²) < 4.78 is 11.6. The van der Waals surface area contributed by atoms with Gasteiger partial charge in [0, 0.05) is 25.7 Å². The van der Waals surface area contributed by atoms with Crippen molar-refractivity contribution in [1.29, 1.82) is 0 Å². The van der Waals surface area contributed by atoms with Crippen molar-refractivity contribution >= 4 is 5.91 Å². The predicted molar refractivity (Wildman–Crippen MR) is 103 cm³/mol. The van der Waals surface area contributed by atoms with Gasteiger partial charge in [-0.1, -0.05) is 26.0 Å². The zero-order valence-corrected chi connectivity index (χ0v) is 16.4. The summed E-state index contributed by atoms with van der Waals surface area (Å²) in [6, 6.07) is 8.08.